The van der Waals surface area contributed by atoms with Gasteiger partial charge in [0.1, 0.15) is 0 Å². The third-order valence-electron chi connectivity index (χ3n) is 4.46. The monoisotopic (exact) mass is 344 g/mol. The zero-order chi connectivity index (χ0) is 16.3. The molecule has 0 saturated carbocycles. The number of nitrogens with zero attached hydrogens (tertiary/aromatic N) is 2. The highest BCUT2D eigenvalue weighted by molar-refractivity contribution is 6.33. The van der Waals surface area contributed by atoms with Crippen molar-refractivity contribution in [3.8, 4) is 0 Å². The Bertz CT molecular complexity index is 531. The Hall–Kier alpha value is -0.810. The Labute approximate surface area is 141 Å². The minimum atomic E-state index is -0.774. The summed E-state index contributed by atoms with van der Waals surface area (Å²) >= 11 is 12.4. The number of carboxylic acid groups (broad SMARTS) is 1. The number of likely N-dealkylation sites (N-methyl/N-ethyl adjacent to an activating group) is 1. The van der Waals surface area contributed by atoms with Gasteiger partial charge in [-0.2, -0.15) is 0 Å². The van der Waals surface area contributed by atoms with Crippen molar-refractivity contribution in [2.45, 2.75) is 31.8 Å². The molecular weight excluding hydrogens is 323 g/mol. The summed E-state index contributed by atoms with van der Waals surface area (Å²) in [5.74, 6) is -0.774. The van der Waals surface area contributed by atoms with Crippen LogP contribution in [0.5, 0.6) is 0 Å². The summed E-state index contributed by atoms with van der Waals surface area (Å²) in [6.07, 6.45) is 1.93. The van der Waals surface area contributed by atoms with Crippen LogP contribution >= 0.6 is 23.2 Å². The first-order chi connectivity index (χ1) is 10.4. The van der Waals surface area contributed by atoms with Gasteiger partial charge in [0, 0.05) is 35.2 Å². The second kappa shape index (κ2) is 7.64. The van der Waals surface area contributed by atoms with E-state index in [1.165, 1.54) is 0 Å². The molecule has 22 heavy (non-hydrogen) atoms. The first-order valence-electron chi connectivity index (χ1n) is 7.49. The first kappa shape index (κ1) is 17.5. The third kappa shape index (κ3) is 4.35. The number of likely N-dealkylation sites (tertiary alicyclic amines) is 1. The van der Waals surface area contributed by atoms with E-state index in [0.717, 1.165) is 36.5 Å². The summed E-state index contributed by atoms with van der Waals surface area (Å²) in [6, 6.07) is 6.10. The van der Waals surface area contributed by atoms with Gasteiger partial charge in [0.05, 0.1) is 6.54 Å². The van der Waals surface area contributed by atoms with Gasteiger partial charge < -0.3 is 5.11 Å². The lowest BCUT2D eigenvalue weighted by Gasteiger charge is -2.39. The third-order valence-corrected chi connectivity index (χ3v) is 5.04. The molecule has 0 aromatic heterocycles. The number of carbonyl (C=O) groups is 1. The maximum absolute atomic E-state index is 10.8. The molecule has 0 amide bonds. The topological polar surface area (TPSA) is 43.8 Å². The molecule has 1 unspecified atom stereocenters. The van der Waals surface area contributed by atoms with Crippen LogP contribution in [-0.2, 0) is 4.79 Å². The predicted octanol–water partition coefficient (Wildman–Crippen LogP) is 3.54. The van der Waals surface area contributed by atoms with Crippen LogP contribution in [0, 0.1) is 0 Å². The number of rotatable bonds is 5. The van der Waals surface area contributed by atoms with E-state index in [0.29, 0.717) is 11.1 Å². The number of hydrogen-bond donors (Lipinski definition) is 1. The lowest BCUT2D eigenvalue weighted by atomic mass is 9.99. The van der Waals surface area contributed by atoms with Crippen molar-refractivity contribution in [2.75, 3.05) is 26.7 Å². The fraction of sp³-hybridized carbons (Fsp3) is 0.562. The van der Waals surface area contributed by atoms with Crippen molar-refractivity contribution in [3.63, 3.8) is 0 Å². The maximum Gasteiger partial charge on any atom is 0.317 e. The molecule has 0 radical (unpaired) electrons. The van der Waals surface area contributed by atoms with E-state index < -0.39 is 5.97 Å². The second-order valence-corrected chi connectivity index (χ2v) is 6.76. The van der Waals surface area contributed by atoms with E-state index in [1.807, 2.05) is 24.1 Å². The molecule has 0 spiro atoms. The highest BCUT2D eigenvalue weighted by Gasteiger charge is 2.27. The van der Waals surface area contributed by atoms with E-state index in [1.54, 1.807) is 6.07 Å². The Balaban J connectivity index is 1.96. The lowest BCUT2D eigenvalue weighted by Crippen LogP contribution is -2.45. The molecule has 1 N–H and O–H groups in total. The molecule has 122 valence electrons. The van der Waals surface area contributed by atoms with Gasteiger partial charge in [-0.05, 0) is 50.6 Å². The highest BCUT2D eigenvalue weighted by atomic mass is 35.5. The smallest absolute Gasteiger partial charge is 0.317 e. The van der Waals surface area contributed by atoms with E-state index in [9.17, 15) is 4.79 Å². The Kier molecular flexibility index (Phi) is 6.09. The van der Waals surface area contributed by atoms with Crippen LogP contribution in [0.4, 0.5) is 0 Å². The summed E-state index contributed by atoms with van der Waals surface area (Å²) in [4.78, 5) is 15.1. The Morgan fingerprint density at radius 3 is 2.64 bits per heavy atom. The van der Waals surface area contributed by atoms with Crippen LogP contribution < -0.4 is 0 Å². The van der Waals surface area contributed by atoms with Crippen molar-refractivity contribution >= 4 is 29.2 Å². The molecule has 2 rings (SSSR count). The van der Waals surface area contributed by atoms with Gasteiger partial charge in [0.25, 0.3) is 0 Å². The van der Waals surface area contributed by atoms with Crippen LogP contribution in [0.1, 0.15) is 31.4 Å². The molecule has 6 heteroatoms. The fourth-order valence-corrected chi connectivity index (χ4v) is 3.54. The summed E-state index contributed by atoms with van der Waals surface area (Å²) in [7, 11) is 1.88. The summed E-state index contributed by atoms with van der Waals surface area (Å²) in [6.45, 7) is 4.09. The van der Waals surface area contributed by atoms with Crippen LogP contribution in [-0.4, -0.2) is 53.6 Å². The number of benzene rings is 1. The van der Waals surface area contributed by atoms with E-state index in [-0.39, 0.29) is 12.6 Å². The van der Waals surface area contributed by atoms with Gasteiger partial charge in [-0.25, -0.2) is 0 Å². The van der Waals surface area contributed by atoms with Crippen LogP contribution in [0.25, 0.3) is 0 Å². The summed E-state index contributed by atoms with van der Waals surface area (Å²) in [5.41, 5.74) is 1.05. The minimum absolute atomic E-state index is 0.0976. The largest absolute Gasteiger partial charge is 0.480 e. The summed E-state index contributed by atoms with van der Waals surface area (Å²) in [5, 5.41) is 10.3. The molecular formula is C16H22Cl2N2O2. The van der Waals surface area contributed by atoms with Crippen molar-refractivity contribution in [2.24, 2.45) is 0 Å². The Morgan fingerprint density at radius 1 is 1.41 bits per heavy atom. The maximum atomic E-state index is 10.8. The van der Waals surface area contributed by atoms with Gasteiger partial charge in [-0.3, -0.25) is 14.6 Å². The molecule has 1 saturated heterocycles. The van der Waals surface area contributed by atoms with Crippen LogP contribution in [0.3, 0.4) is 0 Å². The van der Waals surface area contributed by atoms with Crippen molar-refractivity contribution < 1.29 is 9.90 Å². The number of hydrogen-bond acceptors (Lipinski definition) is 3. The molecule has 1 aromatic rings. The van der Waals surface area contributed by atoms with Gasteiger partial charge >= 0.3 is 5.97 Å². The SMILES string of the molecule is CC(c1cc(Cl)ccc1Cl)N1CCC(N(C)CC(=O)O)CC1. The van der Waals surface area contributed by atoms with Crippen molar-refractivity contribution in [1.29, 1.82) is 0 Å². The molecule has 1 fully saturated rings. The normalized spacial score (nSPS) is 18.6. The fourth-order valence-electron chi connectivity index (χ4n) is 3.09. The minimum Gasteiger partial charge on any atom is -0.480 e. The van der Waals surface area contributed by atoms with Gasteiger partial charge in [0.15, 0.2) is 0 Å². The number of aliphatic carboxylic acids is 1. The highest BCUT2D eigenvalue weighted by Crippen LogP contribution is 2.32. The van der Waals surface area contributed by atoms with Gasteiger partial charge in [-0.1, -0.05) is 23.2 Å². The molecule has 1 heterocycles. The van der Waals surface area contributed by atoms with Gasteiger partial charge in [-0.15, -0.1) is 0 Å². The van der Waals surface area contributed by atoms with Gasteiger partial charge in [0.2, 0.25) is 0 Å². The average Bonchev–Trinajstić information content (AvgIpc) is 2.48. The number of piperidine rings is 1. The quantitative estimate of drug-likeness (QED) is 0.887. The zero-order valence-electron chi connectivity index (χ0n) is 12.9. The van der Waals surface area contributed by atoms with E-state index >= 15 is 0 Å². The van der Waals surface area contributed by atoms with Crippen LogP contribution in [0.2, 0.25) is 10.0 Å². The lowest BCUT2D eigenvalue weighted by molar-refractivity contribution is -0.138. The first-order valence-corrected chi connectivity index (χ1v) is 8.25. The standard InChI is InChI=1S/C16H22Cl2N2O2/c1-11(14-9-12(17)3-4-15(14)18)20-7-5-13(6-8-20)19(2)10-16(21)22/h3-4,9,11,13H,5-8,10H2,1-2H3,(H,21,22). The average molecular weight is 345 g/mol. The van der Waals surface area contributed by atoms with Crippen LogP contribution in [0.15, 0.2) is 18.2 Å². The zero-order valence-corrected chi connectivity index (χ0v) is 14.4. The number of carboxylic acids is 1. The van der Waals surface area contributed by atoms with E-state index in [2.05, 4.69) is 11.8 Å². The van der Waals surface area contributed by atoms with Crippen molar-refractivity contribution in [1.82, 2.24) is 9.80 Å². The van der Waals surface area contributed by atoms with Crippen molar-refractivity contribution in [3.05, 3.63) is 33.8 Å². The second-order valence-electron chi connectivity index (χ2n) is 5.92. The summed E-state index contributed by atoms with van der Waals surface area (Å²) < 4.78 is 0. The molecule has 0 aliphatic carbocycles. The molecule has 1 aliphatic heterocycles. The molecule has 0 bridgehead atoms. The molecule has 1 aromatic carbocycles. The molecule has 1 atom stereocenters. The molecule has 1 aliphatic rings. The number of halogens is 2. The van der Waals surface area contributed by atoms with E-state index in [4.69, 9.17) is 28.3 Å². The predicted molar refractivity (Wildman–Crippen MR) is 89.7 cm³/mol. The molecule has 4 nitrogen and oxygen atoms in total. The Morgan fingerprint density at radius 2 is 2.05 bits per heavy atom.